The molecule has 0 atom stereocenters. The van der Waals surface area contributed by atoms with E-state index in [2.05, 4.69) is 20.3 Å². The molecule has 2 aromatic heterocycles. The third-order valence-corrected chi connectivity index (χ3v) is 2.84. The quantitative estimate of drug-likeness (QED) is 0.772. The Hall–Kier alpha value is -2.33. The highest BCUT2D eigenvalue weighted by atomic mass is 14.9. The van der Waals surface area contributed by atoms with Crippen molar-refractivity contribution in [1.29, 1.82) is 0 Å². The van der Waals surface area contributed by atoms with Crippen LogP contribution in [0.25, 0.3) is 11.0 Å². The van der Waals surface area contributed by atoms with Crippen LogP contribution in [0.2, 0.25) is 0 Å². The molecule has 3 rings (SSSR count). The van der Waals surface area contributed by atoms with Crippen molar-refractivity contribution in [1.82, 2.24) is 20.3 Å². The Balaban J connectivity index is 1.65. The van der Waals surface area contributed by atoms with Gasteiger partial charge in [0.25, 0.3) is 0 Å². The van der Waals surface area contributed by atoms with Crippen molar-refractivity contribution in [2.75, 3.05) is 0 Å². The van der Waals surface area contributed by atoms with Gasteiger partial charge in [0, 0.05) is 19.3 Å². The van der Waals surface area contributed by atoms with Crippen LogP contribution in [-0.4, -0.2) is 15.0 Å². The van der Waals surface area contributed by atoms with Gasteiger partial charge < -0.3 is 5.32 Å². The lowest BCUT2D eigenvalue weighted by atomic mass is 10.3. The standard InChI is InChI=1S/C15H14N4/c1-2-7-15-14(6-1)18-11-13(19-15)10-16-9-12-5-3-4-8-17-12/h1-8,11,16H,9-10H2. The van der Waals surface area contributed by atoms with Gasteiger partial charge in [-0.2, -0.15) is 0 Å². The van der Waals surface area contributed by atoms with E-state index in [4.69, 9.17) is 0 Å². The summed E-state index contributed by atoms with van der Waals surface area (Å²) in [6, 6.07) is 13.8. The molecule has 0 amide bonds. The largest absolute Gasteiger partial charge is 0.305 e. The maximum Gasteiger partial charge on any atom is 0.0890 e. The molecule has 0 aliphatic rings. The van der Waals surface area contributed by atoms with E-state index in [1.54, 1.807) is 6.20 Å². The van der Waals surface area contributed by atoms with Crippen molar-refractivity contribution in [2.45, 2.75) is 13.1 Å². The van der Waals surface area contributed by atoms with Gasteiger partial charge in [0.1, 0.15) is 0 Å². The van der Waals surface area contributed by atoms with Crippen LogP contribution in [0.5, 0.6) is 0 Å². The van der Waals surface area contributed by atoms with Crippen LogP contribution in [0.1, 0.15) is 11.4 Å². The van der Waals surface area contributed by atoms with Crippen LogP contribution in [0, 0.1) is 0 Å². The molecule has 0 fully saturated rings. The number of fused-ring (bicyclic) bond motifs is 1. The summed E-state index contributed by atoms with van der Waals surface area (Å²) in [5, 5.41) is 3.32. The molecule has 0 saturated carbocycles. The average molecular weight is 250 g/mol. The van der Waals surface area contributed by atoms with Gasteiger partial charge in [-0.3, -0.25) is 9.97 Å². The van der Waals surface area contributed by atoms with Crippen LogP contribution in [0.3, 0.4) is 0 Å². The second-order valence-electron chi connectivity index (χ2n) is 4.27. The number of para-hydroxylation sites is 2. The van der Waals surface area contributed by atoms with E-state index in [9.17, 15) is 0 Å². The minimum Gasteiger partial charge on any atom is -0.305 e. The number of benzene rings is 1. The Bertz CT molecular complexity index is 667. The van der Waals surface area contributed by atoms with Crippen LogP contribution >= 0.6 is 0 Å². The first-order chi connectivity index (χ1) is 9.42. The van der Waals surface area contributed by atoms with Crippen molar-refractivity contribution < 1.29 is 0 Å². The smallest absolute Gasteiger partial charge is 0.0890 e. The molecule has 19 heavy (non-hydrogen) atoms. The van der Waals surface area contributed by atoms with Gasteiger partial charge in [-0.25, -0.2) is 4.98 Å². The molecule has 1 N–H and O–H groups in total. The molecule has 0 saturated heterocycles. The number of nitrogens with zero attached hydrogens (tertiary/aromatic N) is 3. The van der Waals surface area contributed by atoms with Gasteiger partial charge in [-0.05, 0) is 24.3 Å². The maximum absolute atomic E-state index is 4.56. The number of hydrogen-bond donors (Lipinski definition) is 1. The topological polar surface area (TPSA) is 50.7 Å². The zero-order valence-corrected chi connectivity index (χ0v) is 10.5. The van der Waals surface area contributed by atoms with E-state index in [0.29, 0.717) is 6.54 Å². The minimum atomic E-state index is 0.689. The van der Waals surface area contributed by atoms with Crippen LogP contribution in [0.15, 0.2) is 54.9 Å². The highest BCUT2D eigenvalue weighted by Crippen LogP contribution is 2.08. The zero-order valence-electron chi connectivity index (χ0n) is 10.5. The molecule has 0 aliphatic carbocycles. The first-order valence-corrected chi connectivity index (χ1v) is 6.23. The summed E-state index contributed by atoms with van der Waals surface area (Å²) >= 11 is 0. The zero-order chi connectivity index (χ0) is 12.9. The summed E-state index contributed by atoms with van der Waals surface area (Å²) in [5.41, 5.74) is 3.82. The first-order valence-electron chi connectivity index (χ1n) is 6.23. The molecule has 1 aromatic carbocycles. The van der Waals surface area contributed by atoms with E-state index in [1.165, 1.54) is 0 Å². The first kappa shape index (κ1) is 11.7. The molecular formula is C15H14N4. The van der Waals surface area contributed by atoms with Gasteiger partial charge in [-0.15, -0.1) is 0 Å². The maximum atomic E-state index is 4.56. The van der Waals surface area contributed by atoms with Crippen molar-refractivity contribution in [2.24, 2.45) is 0 Å². The molecule has 3 aromatic rings. The number of pyridine rings is 1. The SMILES string of the molecule is c1ccc(CNCc2cnc3ccccc3n2)nc1. The van der Waals surface area contributed by atoms with Crippen molar-refractivity contribution in [3.8, 4) is 0 Å². The molecule has 0 radical (unpaired) electrons. The van der Waals surface area contributed by atoms with Crippen LogP contribution < -0.4 is 5.32 Å². The Kier molecular flexibility index (Phi) is 3.42. The molecule has 94 valence electrons. The fraction of sp³-hybridized carbons (Fsp3) is 0.133. The van der Waals surface area contributed by atoms with Crippen LogP contribution in [0.4, 0.5) is 0 Å². The van der Waals surface area contributed by atoms with E-state index >= 15 is 0 Å². The van der Waals surface area contributed by atoms with Crippen molar-refractivity contribution >= 4 is 11.0 Å². The molecule has 0 spiro atoms. The van der Waals surface area contributed by atoms with Gasteiger partial charge in [0.15, 0.2) is 0 Å². The summed E-state index contributed by atoms with van der Waals surface area (Å²) in [6.45, 7) is 1.42. The van der Waals surface area contributed by atoms with Gasteiger partial charge in [-0.1, -0.05) is 18.2 Å². The van der Waals surface area contributed by atoms with Gasteiger partial charge in [0.2, 0.25) is 0 Å². The highest BCUT2D eigenvalue weighted by molar-refractivity contribution is 5.73. The number of nitrogens with one attached hydrogen (secondary N) is 1. The summed E-state index contributed by atoms with van der Waals surface area (Å²) in [4.78, 5) is 13.2. The third-order valence-electron chi connectivity index (χ3n) is 2.84. The molecule has 4 nitrogen and oxygen atoms in total. The van der Waals surface area contributed by atoms with Crippen LogP contribution in [-0.2, 0) is 13.1 Å². The lowest BCUT2D eigenvalue weighted by Gasteiger charge is -2.04. The van der Waals surface area contributed by atoms with Crippen molar-refractivity contribution in [3.63, 3.8) is 0 Å². The van der Waals surface area contributed by atoms with E-state index in [1.807, 2.05) is 48.7 Å². The minimum absolute atomic E-state index is 0.689. The van der Waals surface area contributed by atoms with Gasteiger partial charge in [0.05, 0.1) is 28.6 Å². The Morgan fingerprint density at radius 2 is 1.58 bits per heavy atom. The normalized spacial score (nSPS) is 10.7. The molecule has 0 aliphatic heterocycles. The lowest BCUT2D eigenvalue weighted by molar-refractivity contribution is 0.667. The fourth-order valence-electron chi connectivity index (χ4n) is 1.90. The molecule has 4 heteroatoms. The summed E-state index contributed by atoms with van der Waals surface area (Å²) < 4.78 is 0. The van der Waals surface area contributed by atoms with E-state index < -0.39 is 0 Å². The Labute approximate surface area is 111 Å². The van der Waals surface area contributed by atoms with Crippen molar-refractivity contribution in [3.05, 3.63) is 66.2 Å². The molecular weight excluding hydrogens is 236 g/mol. The fourth-order valence-corrected chi connectivity index (χ4v) is 1.90. The lowest BCUT2D eigenvalue weighted by Crippen LogP contribution is -2.14. The second-order valence-corrected chi connectivity index (χ2v) is 4.27. The van der Waals surface area contributed by atoms with E-state index in [0.717, 1.165) is 29.0 Å². The highest BCUT2D eigenvalue weighted by Gasteiger charge is 1.99. The molecule has 2 heterocycles. The monoisotopic (exact) mass is 250 g/mol. The molecule has 0 bridgehead atoms. The summed E-state index contributed by atoms with van der Waals surface area (Å²) in [6.07, 6.45) is 3.61. The Morgan fingerprint density at radius 3 is 2.42 bits per heavy atom. The van der Waals surface area contributed by atoms with Gasteiger partial charge >= 0.3 is 0 Å². The Morgan fingerprint density at radius 1 is 0.789 bits per heavy atom. The second kappa shape index (κ2) is 5.54. The predicted molar refractivity (Wildman–Crippen MR) is 74.3 cm³/mol. The summed E-state index contributed by atoms with van der Waals surface area (Å²) in [5.74, 6) is 0. The van der Waals surface area contributed by atoms with E-state index in [-0.39, 0.29) is 0 Å². The third kappa shape index (κ3) is 2.92. The predicted octanol–water partition coefficient (Wildman–Crippen LogP) is 2.31. The summed E-state index contributed by atoms with van der Waals surface area (Å²) in [7, 11) is 0. The average Bonchev–Trinajstić information content (AvgIpc) is 2.48. The number of hydrogen-bond acceptors (Lipinski definition) is 4. The molecule has 0 unspecified atom stereocenters. The number of aromatic nitrogens is 3. The number of rotatable bonds is 4.